The summed E-state index contributed by atoms with van der Waals surface area (Å²) < 4.78 is 46.5. The molecule has 1 aliphatic carbocycles. The minimum absolute atomic E-state index is 0.302. The molecule has 1 saturated heterocycles. The number of hydrogen-bond donors (Lipinski definition) is 0. The van der Waals surface area contributed by atoms with Crippen LogP contribution < -0.4 is 0 Å². The monoisotopic (exact) mass is 241 g/mol. The van der Waals surface area contributed by atoms with Crippen LogP contribution in [-0.4, -0.2) is 37.9 Å². The van der Waals surface area contributed by atoms with E-state index < -0.39 is 12.1 Å². The molecule has 1 saturated carbocycles. The van der Waals surface area contributed by atoms with Crippen molar-refractivity contribution in [1.29, 1.82) is 0 Å². The molecule has 0 N–H and O–H groups in total. The van der Waals surface area contributed by atoms with E-state index in [0.29, 0.717) is 33.1 Å². The van der Waals surface area contributed by atoms with Gasteiger partial charge in [-0.1, -0.05) is 0 Å². The lowest BCUT2D eigenvalue weighted by Crippen LogP contribution is -2.39. The fourth-order valence-corrected chi connectivity index (χ4v) is 2.11. The molecule has 0 bridgehead atoms. The minimum Gasteiger partial charge on any atom is -0.303 e. The molecule has 0 amide bonds. The van der Waals surface area contributed by atoms with Crippen LogP contribution in [0.3, 0.4) is 0 Å². The summed E-state index contributed by atoms with van der Waals surface area (Å²) in [4.78, 5) is 2.19. The quantitative estimate of drug-likeness (QED) is 0.671. The average molecular weight is 241 g/mol. The van der Waals surface area contributed by atoms with Gasteiger partial charge in [-0.05, 0) is 44.7 Å². The molecule has 2 fully saturated rings. The van der Waals surface area contributed by atoms with E-state index in [1.807, 2.05) is 0 Å². The lowest BCUT2D eigenvalue weighted by Gasteiger charge is -2.32. The Kier molecular flexibility index (Phi) is 5.02. The summed E-state index contributed by atoms with van der Waals surface area (Å²) in [6, 6.07) is 0. The number of likely N-dealkylation sites (tertiary alicyclic amines) is 1. The second kappa shape index (κ2) is 5.84. The van der Waals surface area contributed by atoms with Gasteiger partial charge in [-0.2, -0.15) is 13.2 Å². The van der Waals surface area contributed by atoms with Crippen LogP contribution in [0.15, 0.2) is 0 Å². The van der Waals surface area contributed by atoms with Crippen LogP contribution in [0.25, 0.3) is 0 Å². The van der Waals surface area contributed by atoms with Gasteiger partial charge in [0.2, 0.25) is 0 Å². The molecule has 2 rings (SSSR count). The number of rotatable bonds is 2. The molecule has 0 aromatic carbocycles. The van der Waals surface area contributed by atoms with Crippen molar-refractivity contribution in [1.82, 2.24) is 4.90 Å². The van der Waals surface area contributed by atoms with Crippen molar-refractivity contribution in [3.05, 3.63) is 0 Å². The highest BCUT2D eigenvalue weighted by Gasteiger charge is 2.41. The molecule has 0 unspecified atom stereocenters. The smallest absolute Gasteiger partial charge is 0.303 e. The lowest BCUT2D eigenvalue weighted by molar-refractivity contribution is -0.185. The summed E-state index contributed by atoms with van der Waals surface area (Å²) in [6.45, 7) is 2.31. The predicted octanol–water partition coefficient (Wildman–Crippen LogP) is 3.26. The van der Waals surface area contributed by atoms with E-state index in [2.05, 4.69) is 4.90 Å². The first kappa shape index (κ1) is 13.7. The lowest BCUT2D eigenvalue weighted by atomic mass is 9.96. The number of halogens is 4. The minimum atomic E-state index is -3.97. The highest BCUT2D eigenvalue weighted by atomic mass is 19.4. The Morgan fingerprint density at radius 3 is 1.88 bits per heavy atom. The third-order valence-corrected chi connectivity index (χ3v) is 3.26. The zero-order valence-corrected chi connectivity index (χ0v) is 9.56. The molecule has 5 heteroatoms. The number of piperidine rings is 1. The van der Waals surface area contributed by atoms with Crippen LogP contribution in [0, 0.1) is 11.8 Å². The fourth-order valence-electron chi connectivity index (χ4n) is 2.11. The van der Waals surface area contributed by atoms with Crippen LogP contribution in [0.4, 0.5) is 17.6 Å². The standard InChI is InChI=1S/C10H16F3N.CH3F/c11-10(12,13)9-3-5-14(6-4-9)7-8-1-2-8;1-2/h8-9H,1-7H2;1H3. The van der Waals surface area contributed by atoms with E-state index in [4.69, 9.17) is 0 Å². The number of hydrogen-bond acceptors (Lipinski definition) is 1. The molecule has 0 atom stereocenters. The topological polar surface area (TPSA) is 3.24 Å². The van der Waals surface area contributed by atoms with Gasteiger partial charge in [0.05, 0.1) is 13.1 Å². The van der Waals surface area contributed by atoms with Crippen molar-refractivity contribution in [3.8, 4) is 0 Å². The normalized spacial score (nSPS) is 23.8. The van der Waals surface area contributed by atoms with Crippen LogP contribution in [0.1, 0.15) is 25.7 Å². The Bertz CT molecular complexity index is 193. The SMILES string of the molecule is CF.FC(F)(F)C1CCN(CC2CC2)CC1. The van der Waals surface area contributed by atoms with E-state index in [0.717, 1.165) is 12.5 Å². The molecule has 0 spiro atoms. The highest BCUT2D eigenvalue weighted by molar-refractivity contribution is 4.82. The van der Waals surface area contributed by atoms with E-state index in [1.54, 1.807) is 0 Å². The number of nitrogens with zero attached hydrogens (tertiary/aromatic N) is 1. The van der Waals surface area contributed by atoms with Crippen LogP contribution in [-0.2, 0) is 0 Å². The Labute approximate surface area is 93.8 Å². The predicted molar refractivity (Wildman–Crippen MR) is 55.0 cm³/mol. The van der Waals surface area contributed by atoms with Crippen molar-refractivity contribution < 1.29 is 17.6 Å². The Balaban J connectivity index is 0.000000606. The van der Waals surface area contributed by atoms with Gasteiger partial charge in [0.15, 0.2) is 0 Å². The maximum Gasteiger partial charge on any atom is 0.391 e. The summed E-state index contributed by atoms with van der Waals surface area (Å²) in [7, 11) is 0.500. The zero-order chi connectivity index (χ0) is 12.2. The highest BCUT2D eigenvalue weighted by Crippen LogP contribution is 2.36. The van der Waals surface area contributed by atoms with E-state index in [-0.39, 0.29) is 0 Å². The third-order valence-electron chi connectivity index (χ3n) is 3.26. The average Bonchev–Trinajstić information content (AvgIpc) is 3.04. The van der Waals surface area contributed by atoms with Gasteiger partial charge in [0.25, 0.3) is 0 Å². The maximum atomic E-state index is 12.3. The molecular formula is C11H19F4N. The van der Waals surface area contributed by atoms with Gasteiger partial charge in [-0.25, -0.2) is 0 Å². The number of alkyl halides is 4. The van der Waals surface area contributed by atoms with E-state index in [9.17, 15) is 17.6 Å². The third kappa shape index (κ3) is 4.28. The van der Waals surface area contributed by atoms with Gasteiger partial charge in [-0.3, -0.25) is 4.39 Å². The molecule has 0 aromatic rings. The summed E-state index contributed by atoms with van der Waals surface area (Å²) in [5.41, 5.74) is 0. The molecule has 1 aliphatic heterocycles. The maximum absolute atomic E-state index is 12.3. The van der Waals surface area contributed by atoms with E-state index >= 15 is 0 Å². The van der Waals surface area contributed by atoms with Gasteiger partial charge < -0.3 is 4.90 Å². The fraction of sp³-hybridized carbons (Fsp3) is 1.00. The molecule has 1 heterocycles. The van der Waals surface area contributed by atoms with Crippen molar-refractivity contribution >= 4 is 0 Å². The molecule has 0 aromatic heterocycles. The Hall–Kier alpha value is -0.320. The summed E-state index contributed by atoms with van der Waals surface area (Å²) in [5.74, 6) is -0.254. The van der Waals surface area contributed by atoms with Gasteiger partial charge in [-0.15, -0.1) is 0 Å². The Morgan fingerprint density at radius 2 is 1.50 bits per heavy atom. The molecule has 16 heavy (non-hydrogen) atoms. The molecule has 2 aliphatic rings. The zero-order valence-electron chi connectivity index (χ0n) is 9.56. The van der Waals surface area contributed by atoms with Crippen LogP contribution >= 0.6 is 0 Å². The van der Waals surface area contributed by atoms with Gasteiger partial charge in [0.1, 0.15) is 0 Å². The van der Waals surface area contributed by atoms with Gasteiger partial charge in [0, 0.05) is 6.54 Å². The second-order valence-electron chi connectivity index (χ2n) is 4.56. The van der Waals surface area contributed by atoms with E-state index in [1.165, 1.54) is 12.8 Å². The Morgan fingerprint density at radius 1 is 1.00 bits per heavy atom. The van der Waals surface area contributed by atoms with Crippen molar-refractivity contribution in [3.63, 3.8) is 0 Å². The molecule has 1 nitrogen and oxygen atoms in total. The first-order chi connectivity index (χ1) is 7.55. The summed E-state index contributed by atoms with van der Waals surface area (Å²) >= 11 is 0. The van der Waals surface area contributed by atoms with Crippen molar-refractivity contribution in [2.45, 2.75) is 31.9 Å². The van der Waals surface area contributed by atoms with Crippen molar-refractivity contribution in [2.24, 2.45) is 11.8 Å². The molecule has 0 radical (unpaired) electrons. The first-order valence-corrected chi connectivity index (χ1v) is 5.72. The van der Waals surface area contributed by atoms with Crippen LogP contribution in [0.2, 0.25) is 0 Å². The second-order valence-corrected chi connectivity index (χ2v) is 4.56. The summed E-state index contributed by atoms with van der Waals surface area (Å²) in [6.07, 6.45) is -0.809. The van der Waals surface area contributed by atoms with Crippen LogP contribution in [0.5, 0.6) is 0 Å². The van der Waals surface area contributed by atoms with Crippen molar-refractivity contribution in [2.75, 3.05) is 26.8 Å². The first-order valence-electron chi connectivity index (χ1n) is 5.72. The van der Waals surface area contributed by atoms with Gasteiger partial charge >= 0.3 is 6.18 Å². The molecule has 96 valence electrons. The summed E-state index contributed by atoms with van der Waals surface area (Å²) in [5, 5.41) is 0. The largest absolute Gasteiger partial charge is 0.391 e. The molecular weight excluding hydrogens is 222 g/mol.